The molecule has 12 saturated carbocycles. The molecule has 637 valence electrons. The maximum atomic E-state index is 7.14. The van der Waals surface area contributed by atoms with Crippen molar-refractivity contribution in [3.8, 4) is 11.8 Å². The van der Waals surface area contributed by atoms with Crippen LogP contribution < -0.4 is 14.7 Å². The largest absolute Gasteiger partial charge is 1.00 e. The predicted molar refractivity (Wildman–Crippen MR) is 473 cm³/mol. The summed E-state index contributed by atoms with van der Waals surface area (Å²) in [4.78, 5) is 8.33. The van der Waals surface area contributed by atoms with E-state index in [1.165, 1.54) is 149 Å². The first-order valence-corrected chi connectivity index (χ1v) is 45.5. The molecular formula is C102H169Au3N5-2. The molecule has 3 saturated heterocycles. The summed E-state index contributed by atoms with van der Waals surface area (Å²) in [5, 5.41) is 7.14. The summed E-state index contributed by atoms with van der Waals surface area (Å²) in [5.41, 5.74) is 16.8. The summed E-state index contributed by atoms with van der Waals surface area (Å²) >= 11 is 0. The Morgan fingerprint density at radius 3 is 0.682 bits per heavy atom. The van der Waals surface area contributed by atoms with E-state index in [0.29, 0.717) is 51.8 Å². The first-order valence-electron chi connectivity index (χ1n) is 45.5. The van der Waals surface area contributed by atoms with E-state index in [-0.39, 0.29) is 89.9 Å². The van der Waals surface area contributed by atoms with Crippen LogP contribution in [0, 0.1) is 124 Å². The second-order valence-electron chi connectivity index (χ2n) is 40.9. The first-order chi connectivity index (χ1) is 50.1. The third kappa shape index (κ3) is 22.1. The summed E-state index contributed by atoms with van der Waals surface area (Å²) in [7, 11) is 0. The van der Waals surface area contributed by atoms with Crippen LogP contribution in [0.15, 0.2) is 54.6 Å². The van der Waals surface area contributed by atoms with Crippen LogP contribution in [0.3, 0.4) is 0 Å². The Morgan fingerprint density at radius 1 is 0.364 bits per heavy atom. The monoisotopic (exact) mass is 2060 g/mol. The standard InChI is InChI=1S/3C27H40N.C6H13N.C6H10.3C3H8.3Au.H2N/c3*1-17(2)23-8-7-9-24(18(3)4)25(23)28-16-27(15-26(28,5)6)21-11-19-10-20(13-21)14-22(27)12-19;1-3-5-6(7)4-2;1-3-5-6-4-2;3*1-3-2;;;;/h3*7-9,16-22H,10-15H2,1-6H3;7H,3-5H2,1-2H3;3-4H2,1-2H3;3*3H2,1-2H3;;;;1H2/q3*-1;;;;;;;2*+1;-1. The number of hydrogen-bond acceptors (Lipinski definition) is 4. The van der Waals surface area contributed by atoms with Gasteiger partial charge >= 0.3 is 44.8 Å². The molecule has 3 aromatic carbocycles. The molecular weight excluding hydrogens is 1890 g/mol. The molecule has 18 rings (SSSR count). The molecule has 1 radical (unpaired) electrons. The molecule has 0 aromatic heterocycles. The maximum Gasteiger partial charge on any atom is 1.00 e. The van der Waals surface area contributed by atoms with Gasteiger partial charge in [-0.1, -0.05) is 287 Å². The number of nitrogens with two attached hydrogens (primary N) is 1. The van der Waals surface area contributed by atoms with E-state index >= 15 is 0 Å². The van der Waals surface area contributed by atoms with Gasteiger partial charge in [0, 0.05) is 74.6 Å². The molecule has 3 aliphatic heterocycles. The molecule has 5 nitrogen and oxygen atoms in total. The van der Waals surface area contributed by atoms with Gasteiger partial charge in [-0.15, -0.1) is 28.1 Å². The summed E-state index contributed by atoms with van der Waals surface area (Å²) in [6.07, 6.45) is 35.6. The molecule has 15 fully saturated rings. The summed E-state index contributed by atoms with van der Waals surface area (Å²) < 4.78 is 0. The fourth-order valence-corrected chi connectivity index (χ4v) is 24.8. The van der Waals surface area contributed by atoms with E-state index < -0.39 is 0 Å². The molecule has 12 aliphatic carbocycles. The van der Waals surface area contributed by atoms with E-state index in [1.807, 2.05) is 6.92 Å². The Balaban J connectivity index is 0.000000301. The number of rotatable bonds is 12. The van der Waals surface area contributed by atoms with Gasteiger partial charge in [-0.25, -0.2) is 19.6 Å². The number of benzene rings is 3. The average molecular weight is 2060 g/mol. The molecule has 110 heavy (non-hydrogen) atoms. The number of para-hydroxylation sites is 3. The molecule has 3 N–H and O–H groups in total. The quantitative estimate of drug-likeness (QED) is 0.0850. The predicted octanol–water partition coefficient (Wildman–Crippen LogP) is 31.6. The Bertz CT molecular complexity index is 2830. The van der Waals surface area contributed by atoms with Crippen LogP contribution in [-0.2, 0) is 67.1 Å². The summed E-state index contributed by atoms with van der Waals surface area (Å²) in [6, 6.07) is 21.2. The molecule has 3 heterocycles. The van der Waals surface area contributed by atoms with Crippen molar-refractivity contribution in [3.63, 3.8) is 0 Å². The zero-order valence-corrected chi connectivity index (χ0v) is 82.5. The Kier molecular flexibility index (Phi) is 39.8. The van der Waals surface area contributed by atoms with E-state index in [9.17, 15) is 0 Å². The number of anilines is 3. The van der Waals surface area contributed by atoms with Gasteiger partial charge in [0.1, 0.15) is 0 Å². The van der Waals surface area contributed by atoms with Crippen molar-refractivity contribution in [2.45, 2.75) is 413 Å². The Hall–Kier alpha value is -1.53. The van der Waals surface area contributed by atoms with Crippen LogP contribution in [0.4, 0.5) is 17.1 Å². The van der Waals surface area contributed by atoms with E-state index in [4.69, 9.17) is 5.41 Å². The van der Waals surface area contributed by atoms with Crippen LogP contribution in [0.25, 0.3) is 6.15 Å². The van der Waals surface area contributed by atoms with E-state index in [0.717, 1.165) is 109 Å². The zero-order chi connectivity index (χ0) is 78.2. The van der Waals surface area contributed by atoms with Crippen molar-refractivity contribution in [3.05, 3.63) is 114 Å². The second-order valence-corrected chi connectivity index (χ2v) is 40.9. The van der Waals surface area contributed by atoms with Crippen molar-refractivity contribution in [1.82, 2.24) is 0 Å². The van der Waals surface area contributed by atoms with Crippen LogP contribution in [0.1, 0.15) is 430 Å². The van der Waals surface area contributed by atoms with Crippen molar-refractivity contribution >= 4 is 22.8 Å². The van der Waals surface area contributed by atoms with Gasteiger partial charge in [0.05, 0.1) is 0 Å². The minimum atomic E-state index is 0. The molecule has 3 aromatic rings. The SMILES string of the molecule is CC(C)c1cccc(C(C)C)c1N1[CH-]C2(CC1(C)C)C1CC3CC(C1)CC2C3.CC(C)c1cccc(C(C)C)c1N1[CH-]C2(CC1(C)C)C1CC3CC(C1)CC2C3.CC(C)c1cccc(C(C)C)c1N1[CH-]C2(CC1(C)C)C1CC3CC(C1)CC2C3.CCC.CCC.CCC.CCC#CCC.CCCC(=N)CC.[Au+].[Au+].[Au].[NH2-]. The van der Waals surface area contributed by atoms with Crippen molar-refractivity contribution in [2.75, 3.05) is 14.7 Å². The average Bonchev–Trinajstić information content (AvgIpc) is 1.60. The zero-order valence-electron chi connectivity index (χ0n) is 76.0. The van der Waals surface area contributed by atoms with Gasteiger partial charge in [0.25, 0.3) is 0 Å². The van der Waals surface area contributed by atoms with E-state index in [2.05, 4.69) is 288 Å². The van der Waals surface area contributed by atoms with Gasteiger partial charge in [0.15, 0.2) is 0 Å². The molecule has 0 atom stereocenters. The van der Waals surface area contributed by atoms with Gasteiger partial charge in [-0.05, 0) is 255 Å². The smallest absolute Gasteiger partial charge is 0.693 e. The summed E-state index contributed by atoms with van der Waals surface area (Å²) in [6.45, 7) is 72.9. The van der Waals surface area contributed by atoms with Crippen LogP contribution in [-0.4, -0.2) is 22.3 Å². The molecule has 12 bridgehead atoms. The number of hydrogen-bond donors (Lipinski definition) is 1. The molecule has 15 aliphatic rings. The topological polar surface area (TPSA) is 67.1 Å². The van der Waals surface area contributed by atoms with Crippen molar-refractivity contribution in [1.29, 1.82) is 5.41 Å². The Labute approximate surface area is 729 Å². The molecule has 3 spiro atoms. The number of nitrogens with one attached hydrogen (secondary N) is 1. The maximum absolute atomic E-state index is 7.14. The van der Waals surface area contributed by atoms with Crippen LogP contribution in [0.2, 0.25) is 0 Å². The molecule has 0 unspecified atom stereocenters. The van der Waals surface area contributed by atoms with Gasteiger partial charge in [-0.2, -0.15) is 0 Å². The minimum absolute atomic E-state index is 0. The first kappa shape index (κ1) is 101. The van der Waals surface area contributed by atoms with Crippen LogP contribution in [0.5, 0.6) is 0 Å². The minimum Gasteiger partial charge on any atom is -0.693 e. The number of nitrogens with zero attached hydrogens (tertiary/aromatic N) is 3. The summed E-state index contributed by atoms with van der Waals surface area (Å²) in [5.74, 6) is 21.2. The van der Waals surface area contributed by atoms with Crippen molar-refractivity contribution < 1.29 is 67.1 Å². The molecule has 0 amide bonds. The van der Waals surface area contributed by atoms with Gasteiger partial charge < -0.3 is 26.3 Å². The third-order valence-electron chi connectivity index (χ3n) is 28.5. The van der Waals surface area contributed by atoms with E-state index in [1.54, 1.807) is 36.3 Å². The van der Waals surface area contributed by atoms with Crippen molar-refractivity contribution in [2.24, 2.45) is 87.3 Å². The normalized spacial score (nSPS) is 30.7. The Morgan fingerprint density at radius 2 is 0.545 bits per heavy atom. The van der Waals surface area contributed by atoms with Gasteiger partial charge in [0.2, 0.25) is 0 Å². The third-order valence-corrected chi connectivity index (χ3v) is 28.5. The molecule has 8 heteroatoms. The second kappa shape index (κ2) is 43.4. The fraction of sp³-hybridized carbons (Fsp3) is 0.765. The van der Waals surface area contributed by atoms with Gasteiger partial charge in [-0.3, -0.25) is 0 Å². The fourth-order valence-electron chi connectivity index (χ4n) is 24.8. The van der Waals surface area contributed by atoms with Crippen LogP contribution >= 0.6 is 0 Å².